The van der Waals surface area contributed by atoms with Gasteiger partial charge in [0.15, 0.2) is 0 Å². The Labute approximate surface area is 348 Å². The standard InChI is InChI=1S/C27H46O.C19H37NO.C6H7N/c1-2-3-4-5-6-7-8-9-10-11-12-13-14-15-16-17-21-24-27(28)25-26-22-19-18-20-23-26;1-2-3-4-5-6-7-8-9-10-11-12-13-14-15-16-17-18-20-19-21;7-6-4-2-1-3-5-6/h18-20,22-23H,2-17,21,24-25H2,1H3;2-18H2,1H3;1-5H,7H2. The molecule has 2 N–H and O–H groups in total. The molecule has 0 fully saturated rings. The fraction of sp³-hybridized carbons (Fsp3) is 0.731. The van der Waals surface area contributed by atoms with E-state index in [1.807, 2.05) is 60.7 Å². The van der Waals surface area contributed by atoms with Gasteiger partial charge in [-0.2, -0.15) is 0 Å². The van der Waals surface area contributed by atoms with E-state index in [2.05, 4.69) is 18.8 Å². The maximum atomic E-state index is 12.0. The molecular weight excluding hydrogens is 685 g/mol. The molecule has 4 heteroatoms. The maximum absolute atomic E-state index is 12.0. The number of carbonyl (C=O) groups is 1. The molecule has 0 bridgehead atoms. The van der Waals surface area contributed by atoms with E-state index in [1.165, 1.54) is 199 Å². The Balaban J connectivity index is 0.000000943. The number of hydrogen-bond donors (Lipinski definition) is 1. The summed E-state index contributed by atoms with van der Waals surface area (Å²) in [6, 6.07) is 19.6. The predicted octanol–water partition coefficient (Wildman–Crippen LogP) is 16.7. The monoisotopic (exact) mass is 775 g/mol. The lowest BCUT2D eigenvalue weighted by atomic mass is 10.0. The summed E-state index contributed by atoms with van der Waals surface area (Å²) < 4.78 is 0. The van der Waals surface area contributed by atoms with Crippen LogP contribution in [0.5, 0.6) is 0 Å². The Morgan fingerprint density at radius 2 is 0.750 bits per heavy atom. The van der Waals surface area contributed by atoms with Gasteiger partial charge in [0.05, 0.1) is 6.54 Å². The second kappa shape index (κ2) is 46.7. The first-order valence-electron chi connectivity index (χ1n) is 24.0. The van der Waals surface area contributed by atoms with E-state index in [-0.39, 0.29) is 0 Å². The molecule has 2 aromatic carbocycles. The second-order valence-corrected chi connectivity index (χ2v) is 16.3. The molecule has 0 atom stereocenters. The van der Waals surface area contributed by atoms with Crippen molar-refractivity contribution in [2.24, 2.45) is 4.99 Å². The Morgan fingerprint density at radius 3 is 1.05 bits per heavy atom. The molecule has 0 aliphatic heterocycles. The summed E-state index contributed by atoms with van der Waals surface area (Å²) in [4.78, 5) is 25.4. The van der Waals surface area contributed by atoms with Crippen molar-refractivity contribution in [3.63, 3.8) is 0 Å². The summed E-state index contributed by atoms with van der Waals surface area (Å²) in [7, 11) is 0. The van der Waals surface area contributed by atoms with Crippen LogP contribution < -0.4 is 5.73 Å². The molecule has 56 heavy (non-hydrogen) atoms. The van der Waals surface area contributed by atoms with Crippen LogP contribution >= 0.6 is 0 Å². The van der Waals surface area contributed by atoms with E-state index < -0.39 is 0 Å². The van der Waals surface area contributed by atoms with Gasteiger partial charge in [-0.1, -0.05) is 261 Å². The first-order valence-corrected chi connectivity index (χ1v) is 24.0. The van der Waals surface area contributed by atoms with E-state index >= 15 is 0 Å². The normalized spacial score (nSPS) is 10.5. The molecule has 0 spiro atoms. The summed E-state index contributed by atoms with van der Waals surface area (Å²) in [5.41, 5.74) is 7.33. The Hall–Kier alpha value is -2.71. The number of ketones is 1. The smallest absolute Gasteiger partial charge is 0.234 e. The van der Waals surface area contributed by atoms with E-state index in [0.717, 1.165) is 30.5 Å². The summed E-state index contributed by atoms with van der Waals surface area (Å²) >= 11 is 0. The van der Waals surface area contributed by atoms with Gasteiger partial charge in [0.1, 0.15) is 5.78 Å². The highest BCUT2D eigenvalue weighted by Crippen LogP contribution is 2.16. The molecule has 320 valence electrons. The molecule has 0 aliphatic rings. The van der Waals surface area contributed by atoms with Crippen molar-refractivity contribution in [3.05, 3.63) is 66.2 Å². The van der Waals surface area contributed by atoms with Crippen molar-refractivity contribution in [1.29, 1.82) is 0 Å². The molecule has 0 amide bonds. The van der Waals surface area contributed by atoms with Gasteiger partial charge in [0, 0.05) is 18.5 Å². The van der Waals surface area contributed by atoms with Crippen molar-refractivity contribution < 1.29 is 9.59 Å². The summed E-state index contributed by atoms with van der Waals surface area (Å²) in [6.45, 7) is 5.24. The van der Waals surface area contributed by atoms with Gasteiger partial charge in [0.2, 0.25) is 6.08 Å². The van der Waals surface area contributed by atoms with E-state index in [1.54, 1.807) is 6.08 Å². The first-order chi connectivity index (χ1) is 27.6. The number of anilines is 1. The quantitative estimate of drug-likeness (QED) is 0.0321. The molecule has 0 heterocycles. The Bertz CT molecular complexity index is 1080. The molecule has 0 saturated carbocycles. The lowest BCUT2D eigenvalue weighted by Crippen LogP contribution is -2.02. The van der Waals surface area contributed by atoms with Crippen LogP contribution in [0, 0.1) is 0 Å². The van der Waals surface area contributed by atoms with Crippen LogP contribution in [-0.4, -0.2) is 18.4 Å². The van der Waals surface area contributed by atoms with Crippen molar-refractivity contribution >= 4 is 17.6 Å². The van der Waals surface area contributed by atoms with Crippen LogP contribution in [0.2, 0.25) is 0 Å². The highest BCUT2D eigenvalue weighted by molar-refractivity contribution is 5.80. The van der Waals surface area contributed by atoms with Crippen LogP contribution in [-0.2, 0) is 16.0 Å². The fourth-order valence-corrected chi connectivity index (χ4v) is 7.20. The first kappa shape index (κ1) is 53.3. The molecule has 2 aromatic rings. The summed E-state index contributed by atoms with van der Waals surface area (Å²) in [6.07, 6.45) is 48.5. The molecule has 0 saturated heterocycles. The summed E-state index contributed by atoms with van der Waals surface area (Å²) in [5.74, 6) is 0.396. The van der Waals surface area contributed by atoms with Crippen LogP contribution in [0.1, 0.15) is 238 Å². The van der Waals surface area contributed by atoms with Crippen LogP contribution in [0.25, 0.3) is 0 Å². The zero-order valence-electron chi connectivity index (χ0n) is 37.1. The number of nitrogens with two attached hydrogens (primary N) is 1. The highest BCUT2D eigenvalue weighted by Gasteiger charge is 2.03. The number of para-hydroxylation sites is 1. The second-order valence-electron chi connectivity index (χ2n) is 16.3. The number of nitrogen functional groups attached to an aromatic ring is 1. The minimum Gasteiger partial charge on any atom is -0.399 e. The molecule has 2 rings (SSSR count). The van der Waals surface area contributed by atoms with E-state index in [9.17, 15) is 9.59 Å². The molecule has 0 unspecified atom stereocenters. The van der Waals surface area contributed by atoms with Crippen LogP contribution in [0.15, 0.2) is 65.7 Å². The number of benzene rings is 2. The van der Waals surface area contributed by atoms with Gasteiger partial charge in [-0.15, -0.1) is 0 Å². The Morgan fingerprint density at radius 1 is 0.446 bits per heavy atom. The minimum atomic E-state index is 0.396. The molecule has 0 aliphatic carbocycles. The van der Waals surface area contributed by atoms with Gasteiger partial charge < -0.3 is 5.73 Å². The lowest BCUT2D eigenvalue weighted by Gasteiger charge is -2.04. The summed E-state index contributed by atoms with van der Waals surface area (Å²) in [5, 5.41) is 0. The number of rotatable bonds is 37. The average Bonchev–Trinajstić information content (AvgIpc) is 3.21. The van der Waals surface area contributed by atoms with E-state index in [0.29, 0.717) is 18.7 Å². The number of aliphatic imine (C=N–C) groups is 1. The van der Waals surface area contributed by atoms with Crippen molar-refractivity contribution in [2.45, 2.75) is 239 Å². The zero-order valence-corrected chi connectivity index (χ0v) is 37.1. The number of unbranched alkanes of at least 4 members (excludes halogenated alkanes) is 31. The number of Topliss-reactive ketones (excluding diaryl/α,β-unsaturated/α-hetero) is 1. The minimum absolute atomic E-state index is 0.396. The third kappa shape index (κ3) is 44.0. The molecular formula is C52H90N2O2. The average molecular weight is 775 g/mol. The highest BCUT2D eigenvalue weighted by atomic mass is 16.1. The third-order valence-corrected chi connectivity index (χ3v) is 10.8. The maximum Gasteiger partial charge on any atom is 0.234 e. The number of hydrogen-bond acceptors (Lipinski definition) is 4. The largest absolute Gasteiger partial charge is 0.399 e. The van der Waals surface area contributed by atoms with Gasteiger partial charge in [-0.25, -0.2) is 9.79 Å². The predicted molar refractivity (Wildman–Crippen MR) is 247 cm³/mol. The number of isocyanates is 1. The van der Waals surface area contributed by atoms with Crippen LogP contribution in [0.4, 0.5) is 5.69 Å². The van der Waals surface area contributed by atoms with Gasteiger partial charge in [-0.05, 0) is 30.5 Å². The van der Waals surface area contributed by atoms with Gasteiger partial charge in [-0.3, -0.25) is 4.79 Å². The fourth-order valence-electron chi connectivity index (χ4n) is 7.20. The number of nitrogens with zero attached hydrogens (tertiary/aromatic N) is 1. The van der Waals surface area contributed by atoms with Crippen molar-refractivity contribution in [2.75, 3.05) is 12.3 Å². The SMILES string of the molecule is CCCCCCCCCCCCCCCCCCCC(=O)Cc1ccccc1.CCCCCCCCCCCCCCCCCCN=C=O.Nc1ccccc1. The van der Waals surface area contributed by atoms with Gasteiger partial charge in [0.25, 0.3) is 0 Å². The molecule has 0 aromatic heterocycles. The topological polar surface area (TPSA) is 72.5 Å². The molecule has 0 radical (unpaired) electrons. The lowest BCUT2D eigenvalue weighted by molar-refractivity contribution is -0.118. The van der Waals surface area contributed by atoms with E-state index in [4.69, 9.17) is 5.73 Å². The molecule has 4 nitrogen and oxygen atoms in total. The van der Waals surface area contributed by atoms with Crippen molar-refractivity contribution in [3.8, 4) is 0 Å². The Kier molecular flexibility index (Phi) is 44.4. The van der Waals surface area contributed by atoms with Crippen molar-refractivity contribution in [1.82, 2.24) is 0 Å². The number of carbonyl (C=O) groups excluding carboxylic acids is 2. The zero-order chi connectivity index (χ0) is 40.7. The van der Waals surface area contributed by atoms with Crippen LogP contribution in [0.3, 0.4) is 0 Å². The third-order valence-electron chi connectivity index (χ3n) is 10.8. The van der Waals surface area contributed by atoms with Gasteiger partial charge >= 0.3 is 0 Å².